The molecule has 0 saturated carbocycles. The van der Waals surface area contributed by atoms with Gasteiger partial charge in [-0.25, -0.2) is 0 Å². The van der Waals surface area contributed by atoms with Gasteiger partial charge in [-0.3, -0.25) is 0 Å². The Morgan fingerprint density at radius 3 is 2.65 bits per heavy atom. The minimum absolute atomic E-state index is 0.199. The molecule has 106 valence electrons. The van der Waals surface area contributed by atoms with E-state index in [0.29, 0.717) is 16.5 Å². The molecule has 0 amide bonds. The molecule has 0 radical (unpaired) electrons. The largest absolute Gasteiger partial charge is 0.497 e. The normalized spacial score (nSPS) is 12.2. The predicted octanol–water partition coefficient (Wildman–Crippen LogP) is 5.01. The average Bonchev–Trinajstić information content (AvgIpc) is 2.43. The number of benzene rings is 2. The molecule has 0 saturated heterocycles. The van der Waals surface area contributed by atoms with Crippen molar-refractivity contribution in [1.29, 1.82) is 0 Å². The second-order valence-corrected chi connectivity index (χ2v) is 6.13. The molecule has 2 aromatic rings. The summed E-state index contributed by atoms with van der Waals surface area (Å²) in [5.41, 5.74) is 8.19. The summed E-state index contributed by atoms with van der Waals surface area (Å²) < 4.78 is 6.18. The van der Waals surface area contributed by atoms with Gasteiger partial charge in [0.1, 0.15) is 5.75 Å². The van der Waals surface area contributed by atoms with E-state index in [4.69, 9.17) is 33.7 Å². The fraction of sp³-hybridized carbons (Fsp3) is 0.200. The van der Waals surface area contributed by atoms with E-state index in [1.807, 2.05) is 24.3 Å². The Bertz CT molecular complexity index is 619. The van der Waals surface area contributed by atoms with Crippen molar-refractivity contribution < 1.29 is 4.74 Å². The Labute approximate surface area is 137 Å². The zero-order valence-corrected chi connectivity index (χ0v) is 14.0. The van der Waals surface area contributed by atoms with Crippen molar-refractivity contribution in [1.82, 2.24) is 0 Å². The van der Waals surface area contributed by atoms with Crippen LogP contribution in [0.4, 0.5) is 0 Å². The first-order valence-corrected chi connectivity index (χ1v) is 7.59. The molecule has 1 atom stereocenters. The monoisotopic (exact) mass is 373 g/mol. The van der Waals surface area contributed by atoms with Crippen LogP contribution < -0.4 is 10.5 Å². The van der Waals surface area contributed by atoms with Gasteiger partial charge in [-0.1, -0.05) is 39.1 Å². The van der Waals surface area contributed by atoms with Gasteiger partial charge in [0.2, 0.25) is 0 Å². The Kier molecular flexibility index (Phi) is 5.33. The van der Waals surface area contributed by atoms with Gasteiger partial charge < -0.3 is 10.5 Å². The van der Waals surface area contributed by atoms with Crippen molar-refractivity contribution in [3.8, 4) is 5.75 Å². The van der Waals surface area contributed by atoms with Crippen molar-refractivity contribution in [2.45, 2.75) is 12.5 Å². The quantitative estimate of drug-likeness (QED) is 0.816. The zero-order chi connectivity index (χ0) is 14.7. The number of nitrogens with two attached hydrogens (primary N) is 1. The lowest BCUT2D eigenvalue weighted by molar-refractivity contribution is 0.413. The lowest BCUT2D eigenvalue weighted by Gasteiger charge is -2.16. The van der Waals surface area contributed by atoms with Gasteiger partial charge in [0.15, 0.2) is 0 Å². The molecular formula is C15H14BrCl2NO. The summed E-state index contributed by atoms with van der Waals surface area (Å²) in [6.07, 6.45) is 0.602. The number of hydrogen-bond donors (Lipinski definition) is 1. The maximum absolute atomic E-state index is 6.28. The van der Waals surface area contributed by atoms with E-state index in [9.17, 15) is 0 Å². The summed E-state index contributed by atoms with van der Waals surface area (Å²) in [4.78, 5) is 0. The van der Waals surface area contributed by atoms with Crippen LogP contribution in [-0.2, 0) is 6.42 Å². The van der Waals surface area contributed by atoms with E-state index >= 15 is 0 Å². The van der Waals surface area contributed by atoms with Crippen LogP contribution in [0.25, 0.3) is 0 Å². The van der Waals surface area contributed by atoms with Crippen LogP contribution >= 0.6 is 39.1 Å². The molecule has 2 aromatic carbocycles. The molecule has 0 spiro atoms. The summed E-state index contributed by atoms with van der Waals surface area (Å²) in [5, 5.41) is 1.32. The summed E-state index contributed by atoms with van der Waals surface area (Å²) >= 11 is 15.7. The maximum Gasteiger partial charge on any atom is 0.119 e. The van der Waals surface area contributed by atoms with Gasteiger partial charge in [-0.05, 0) is 53.9 Å². The van der Waals surface area contributed by atoms with Gasteiger partial charge in [-0.15, -0.1) is 0 Å². The van der Waals surface area contributed by atoms with Crippen molar-refractivity contribution >= 4 is 39.1 Å². The summed E-state index contributed by atoms with van der Waals surface area (Å²) in [5.74, 6) is 0.774. The van der Waals surface area contributed by atoms with Gasteiger partial charge in [0, 0.05) is 20.6 Å². The topological polar surface area (TPSA) is 35.2 Å². The average molecular weight is 375 g/mol. The Morgan fingerprint density at radius 1 is 1.20 bits per heavy atom. The van der Waals surface area contributed by atoms with Crippen LogP contribution in [-0.4, -0.2) is 7.11 Å². The third kappa shape index (κ3) is 3.67. The molecule has 1 unspecified atom stereocenters. The standard InChI is InChI=1S/C15H14BrCl2NO/c1-20-11-3-4-13(16)12(8-11)15(19)7-9-6-10(17)2-5-14(9)18/h2-6,8,15H,7,19H2,1H3. The molecule has 0 aliphatic rings. The number of ether oxygens (including phenoxy) is 1. The third-order valence-corrected chi connectivity index (χ3v) is 4.38. The molecule has 0 aliphatic heterocycles. The van der Waals surface area contributed by atoms with Crippen LogP contribution in [0.1, 0.15) is 17.2 Å². The molecule has 2 N–H and O–H groups in total. The van der Waals surface area contributed by atoms with E-state index in [2.05, 4.69) is 15.9 Å². The first kappa shape index (κ1) is 15.6. The predicted molar refractivity (Wildman–Crippen MR) is 87.8 cm³/mol. The highest BCUT2D eigenvalue weighted by Crippen LogP contribution is 2.30. The molecule has 20 heavy (non-hydrogen) atoms. The fourth-order valence-corrected chi connectivity index (χ4v) is 2.91. The molecule has 2 nitrogen and oxygen atoms in total. The molecule has 0 fully saturated rings. The van der Waals surface area contributed by atoms with E-state index < -0.39 is 0 Å². The van der Waals surface area contributed by atoms with Crippen molar-refractivity contribution in [3.63, 3.8) is 0 Å². The van der Waals surface area contributed by atoms with E-state index in [-0.39, 0.29) is 6.04 Å². The number of hydrogen-bond acceptors (Lipinski definition) is 2. The van der Waals surface area contributed by atoms with Crippen LogP contribution in [0.2, 0.25) is 10.0 Å². The second kappa shape index (κ2) is 6.81. The van der Waals surface area contributed by atoms with Crippen LogP contribution in [0.3, 0.4) is 0 Å². The molecule has 0 aromatic heterocycles. The highest BCUT2D eigenvalue weighted by atomic mass is 79.9. The Morgan fingerprint density at radius 2 is 1.95 bits per heavy atom. The minimum Gasteiger partial charge on any atom is -0.497 e. The SMILES string of the molecule is COc1ccc(Br)c(C(N)Cc2cc(Cl)ccc2Cl)c1. The smallest absolute Gasteiger partial charge is 0.119 e. The molecule has 0 bridgehead atoms. The maximum atomic E-state index is 6.28. The number of halogens is 3. The third-order valence-electron chi connectivity index (χ3n) is 3.05. The summed E-state index contributed by atoms with van der Waals surface area (Å²) in [7, 11) is 1.63. The molecule has 0 heterocycles. The van der Waals surface area contributed by atoms with E-state index in [1.54, 1.807) is 19.2 Å². The van der Waals surface area contributed by atoms with Crippen molar-refractivity contribution in [2.24, 2.45) is 5.73 Å². The van der Waals surface area contributed by atoms with Crippen molar-refractivity contribution in [2.75, 3.05) is 7.11 Å². The van der Waals surface area contributed by atoms with Crippen LogP contribution in [0.15, 0.2) is 40.9 Å². The van der Waals surface area contributed by atoms with E-state index in [0.717, 1.165) is 21.3 Å². The molecule has 0 aliphatic carbocycles. The van der Waals surface area contributed by atoms with Crippen molar-refractivity contribution in [3.05, 3.63) is 62.0 Å². The Balaban J connectivity index is 2.27. The van der Waals surface area contributed by atoms with Crippen LogP contribution in [0, 0.1) is 0 Å². The second-order valence-electron chi connectivity index (χ2n) is 4.43. The lowest BCUT2D eigenvalue weighted by Crippen LogP contribution is -2.14. The van der Waals surface area contributed by atoms with Gasteiger partial charge in [0.25, 0.3) is 0 Å². The fourth-order valence-electron chi connectivity index (χ4n) is 1.98. The molecule has 2 rings (SSSR count). The lowest BCUT2D eigenvalue weighted by atomic mass is 9.99. The number of rotatable bonds is 4. The molecular weight excluding hydrogens is 361 g/mol. The molecule has 5 heteroatoms. The van der Waals surface area contributed by atoms with Gasteiger partial charge in [-0.2, -0.15) is 0 Å². The highest BCUT2D eigenvalue weighted by Gasteiger charge is 2.14. The van der Waals surface area contributed by atoms with Gasteiger partial charge >= 0.3 is 0 Å². The van der Waals surface area contributed by atoms with E-state index in [1.165, 1.54) is 0 Å². The van der Waals surface area contributed by atoms with Gasteiger partial charge in [0.05, 0.1) is 7.11 Å². The number of methoxy groups -OCH3 is 1. The van der Waals surface area contributed by atoms with Crippen LogP contribution in [0.5, 0.6) is 5.75 Å². The highest BCUT2D eigenvalue weighted by molar-refractivity contribution is 9.10. The summed E-state index contributed by atoms with van der Waals surface area (Å²) in [6.45, 7) is 0. The summed E-state index contributed by atoms with van der Waals surface area (Å²) in [6, 6.07) is 10.9. The first-order chi connectivity index (χ1) is 9.51. The Hall–Kier alpha value is -0.740. The zero-order valence-electron chi connectivity index (χ0n) is 10.9. The minimum atomic E-state index is -0.199. The first-order valence-electron chi connectivity index (χ1n) is 6.04.